The number of aromatic amines is 1. The van der Waals surface area contributed by atoms with Crippen LogP contribution in [0.15, 0.2) is 18.3 Å². The number of carbonyl (C=O) groups excluding carboxylic acids is 1. The zero-order valence-corrected chi connectivity index (χ0v) is 18.4. The van der Waals surface area contributed by atoms with Crippen LogP contribution in [0.1, 0.15) is 26.2 Å². The van der Waals surface area contributed by atoms with Crippen molar-refractivity contribution >= 4 is 28.4 Å². The zero-order valence-electron chi connectivity index (χ0n) is 18.4. The highest BCUT2D eigenvalue weighted by Gasteiger charge is 2.52. The fourth-order valence-electron chi connectivity index (χ4n) is 5.08. The van der Waals surface area contributed by atoms with Crippen LogP contribution in [-0.2, 0) is 20.8 Å². The maximum atomic E-state index is 13.4. The van der Waals surface area contributed by atoms with Gasteiger partial charge in [-0.2, -0.15) is 10.2 Å². The number of H-pyrrole nitrogens is 1. The number of anilines is 2. The van der Waals surface area contributed by atoms with Crippen molar-refractivity contribution in [3.8, 4) is 11.4 Å². The van der Waals surface area contributed by atoms with Gasteiger partial charge in [-0.25, -0.2) is 4.98 Å². The minimum Gasteiger partial charge on any atom is -0.382 e. The van der Waals surface area contributed by atoms with Crippen molar-refractivity contribution in [1.82, 2.24) is 25.0 Å². The van der Waals surface area contributed by atoms with Crippen LogP contribution in [0.2, 0.25) is 0 Å². The lowest BCUT2D eigenvalue weighted by Crippen LogP contribution is -2.46. The van der Waals surface area contributed by atoms with E-state index in [0.29, 0.717) is 32.8 Å². The summed E-state index contributed by atoms with van der Waals surface area (Å²) in [6, 6.07) is 4.16. The number of methoxy groups -OCH3 is 1. The summed E-state index contributed by atoms with van der Waals surface area (Å²) in [6.07, 6.45) is 3.97. The fourth-order valence-corrected chi connectivity index (χ4v) is 5.08. The highest BCUT2D eigenvalue weighted by atomic mass is 16.5. The Bertz CT molecular complexity index is 1170. The number of amides is 1. The summed E-state index contributed by atoms with van der Waals surface area (Å²) >= 11 is 0. The third-order valence-electron chi connectivity index (χ3n) is 6.82. The van der Waals surface area contributed by atoms with Gasteiger partial charge in [-0.15, -0.1) is 0 Å². The van der Waals surface area contributed by atoms with Crippen LogP contribution < -0.4 is 9.80 Å². The number of hydrogen-bond acceptors (Lipinski definition) is 7. The standard InChI is InChI=1S/C22H27N7O3/c1-14-12-32-10-9-27(14)17-11-16-21-20(24-17)19(15-3-7-23-25-15)26-28(21)8-4-18(30)29(16)22(5-6-22)13-31-2/h3,7,11,14H,4-6,8-10,12-13H2,1-2H3,(H,23,25)/t14-/m1/s1. The molecule has 1 saturated heterocycles. The molecule has 1 amide bonds. The molecule has 10 nitrogen and oxygen atoms in total. The van der Waals surface area contributed by atoms with E-state index in [2.05, 4.69) is 28.1 Å². The molecule has 10 heteroatoms. The second-order valence-electron chi connectivity index (χ2n) is 8.99. The van der Waals surface area contributed by atoms with Crippen molar-refractivity contribution in [2.24, 2.45) is 0 Å². The van der Waals surface area contributed by atoms with Crippen molar-refractivity contribution in [1.29, 1.82) is 0 Å². The van der Waals surface area contributed by atoms with Crippen molar-refractivity contribution in [3.05, 3.63) is 18.3 Å². The number of hydrogen-bond donors (Lipinski definition) is 1. The predicted octanol–water partition coefficient (Wildman–Crippen LogP) is 1.96. The molecule has 3 aromatic heterocycles. The van der Waals surface area contributed by atoms with Crippen LogP contribution in [0.3, 0.4) is 0 Å². The Kier molecular flexibility index (Phi) is 4.48. The Morgan fingerprint density at radius 3 is 2.94 bits per heavy atom. The first-order valence-electron chi connectivity index (χ1n) is 11.2. The molecule has 6 rings (SSSR count). The summed E-state index contributed by atoms with van der Waals surface area (Å²) in [7, 11) is 1.70. The van der Waals surface area contributed by atoms with Gasteiger partial charge in [0, 0.05) is 32.3 Å². The second-order valence-corrected chi connectivity index (χ2v) is 8.99. The van der Waals surface area contributed by atoms with Crippen LogP contribution in [0.4, 0.5) is 11.5 Å². The predicted molar refractivity (Wildman–Crippen MR) is 119 cm³/mol. The third-order valence-corrected chi connectivity index (χ3v) is 6.82. The number of pyridine rings is 1. The first kappa shape index (κ1) is 19.7. The van der Waals surface area contributed by atoms with E-state index in [1.165, 1.54) is 0 Å². The van der Waals surface area contributed by atoms with Gasteiger partial charge in [-0.3, -0.25) is 14.6 Å². The first-order chi connectivity index (χ1) is 15.6. The summed E-state index contributed by atoms with van der Waals surface area (Å²) in [4.78, 5) is 22.7. The van der Waals surface area contributed by atoms with Crippen LogP contribution in [0.25, 0.3) is 22.4 Å². The Labute approximate surface area is 185 Å². The van der Waals surface area contributed by atoms with Gasteiger partial charge in [-0.1, -0.05) is 0 Å². The smallest absolute Gasteiger partial charge is 0.229 e. The molecule has 0 radical (unpaired) electrons. The number of carbonyl (C=O) groups is 1. The molecule has 1 saturated carbocycles. The van der Waals surface area contributed by atoms with Crippen molar-refractivity contribution in [2.45, 2.75) is 44.3 Å². The molecule has 5 heterocycles. The van der Waals surface area contributed by atoms with Crippen molar-refractivity contribution in [2.75, 3.05) is 43.3 Å². The van der Waals surface area contributed by atoms with E-state index >= 15 is 0 Å². The molecule has 32 heavy (non-hydrogen) atoms. The van der Waals surface area contributed by atoms with E-state index < -0.39 is 0 Å². The number of nitrogens with one attached hydrogen (secondary N) is 1. The van der Waals surface area contributed by atoms with Crippen LogP contribution in [0.5, 0.6) is 0 Å². The molecule has 1 atom stereocenters. The highest BCUT2D eigenvalue weighted by molar-refractivity contribution is 6.07. The Morgan fingerprint density at radius 2 is 2.22 bits per heavy atom. The van der Waals surface area contributed by atoms with Gasteiger partial charge in [0.15, 0.2) is 0 Å². The molecule has 0 unspecified atom stereocenters. The summed E-state index contributed by atoms with van der Waals surface area (Å²) in [6.45, 7) is 5.24. The average Bonchev–Trinajstić information content (AvgIpc) is 3.22. The van der Waals surface area contributed by atoms with Gasteiger partial charge in [0.25, 0.3) is 0 Å². The normalized spacial score (nSPS) is 22.4. The maximum absolute atomic E-state index is 13.4. The van der Waals surface area contributed by atoms with Gasteiger partial charge in [0.1, 0.15) is 22.5 Å². The molecule has 1 aliphatic carbocycles. The number of nitrogens with zero attached hydrogens (tertiary/aromatic N) is 6. The molecule has 3 aromatic rings. The lowest BCUT2D eigenvalue weighted by atomic mass is 10.1. The molecule has 0 aromatic carbocycles. The molecular weight excluding hydrogens is 410 g/mol. The highest BCUT2D eigenvalue weighted by Crippen LogP contribution is 2.48. The summed E-state index contributed by atoms with van der Waals surface area (Å²) in [5, 5.41) is 12.0. The minimum absolute atomic E-state index is 0.113. The quantitative estimate of drug-likeness (QED) is 0.651. The van der Waals surface area contributed by atoms with E-state index in [1.54, 1.807) is 13.3 Å². The van der Waals surface area contributed by atoms with Gasteiger partial charge < -0.3 is 19.3 Å². The Hall–Kier alpha value is -2.98. The van der Waals surface area contributed by atoms with Crippen molar-refractivity contribution < 1.29 is 14.3 Å². The molecule has 3 aliphatic rings. The lowest BCUT2D eigenvalue weighted by Gasteiger charge is -2.36. The molecule has 2 aliphatic heterocycles. The zero-order chi connectivity index (χ0) is 21.9. The van der Waals surface area contributed by atoms with E-state index in [4.69, 9.17) is 19.6 Å². The molecule has 168 valence electrons. The number of aromatic nitrogens is 5. The maximum Gasteiger partial charge on any atom is 0.229 e. The third kappa shape index (κ3) is 2.93. The largest absolute Gasteiger partial charge is 0.382 e. The van der Waals surface area contributed by atoms with E-state index in [9.17, 15) is 4.79 Å². The monoisotopic (exact) mass is 437 g/mol. The van der Waals surface area contributed by atoms with Crippen LogP contribution in [0, 0.1) is 0 Å². The molecule has 1 N–H and O–H groups in total. The van der Waals surface area contributed by atoms with Crippen LogP contribution in [-0.4, -0.2) is 75.9 Å². The molecule has 0 bridgehead atoms. The first-order valence-corrected chi connectivity index (χ1v) is 11.2. The minimum atomic E-state index is -0.290. The molecule has 0 spiro atoms. The Balaban J connectivity index is 1.61. The number of ether oxygens (including phenoxy) is 2. The molecule has 2 fully saturated rings. The van der Waals surface area contributed by atoms with Crippen molar-refractivity contribution in [3.63, 3.8) is 0 Å². The fraction of sp³-hybridized carbons (Fsp3) is 0.545. The number of rotatable bonds is 5. The van der Waals surface area contributed by atoms with E-state index in [-0.39, 0.29) is 17.5 Å². The van der Waals surface area contributed by atoms with E-state index in [1.807, 2.05) is 15.6 Å². The molecular formula is C22H27N7O3. The number of morpholine rings is 1. The number of aryl methyl sites for hydroxylation is 1. The van der Waals surface area contributed by atoms with Gasteiger partial charge in [-0.05, 0) is 25.8 Å². The van der Waals surface area contributed by atoms with Gasteiger partial charge in [0.2, 0.25) is 5.91 Å². The van der Waals surface area contributed by atoms with Gasteiger partial charge >= 0.3 is 0 Å². The lowest BCUT2D eigenvalue weighted by molar-refractivity contribution is -0.119. The van der Waals surface area contributed by atoms with Crippen LogP contribution >= 0.6 is 0 Å². The Morgan fingerprint density at radius 1 is 1.34 bits per heavy atom. The SMILES string of the molecule is COCC1(N2C(=O)CCn3nc(-c4ccn[nH]4)c4nc(N5CCOC[C@H]5C)cc2c43)CC1. The summed E-state index contributed by atoms with van der Waals surface area (Å²) in [5.74, 6) is 0.957. The topological polar surface area (TPSA) is 101 Å². The summed E-state index contributed by atoms with van der Waals surface area (Å²) < 4.78 is 13.1. The second kappa shape index (κ2) is 7.28. The average molecular weight is 438 g/mol. The summed E-state index contributed by atoms with van der Waals surface area (Å²) in [5.41, 5.74) is 3.84. The van der Waals surface area contributed by atoms with E-state index in [0.717, 1.165) is 53.3 Å². The van der Waals surface area contributed by atoms with Gasteiger partial charge in [0.05, 0.1) is 49.3 Å².